The smallest absolute Gasteiger partial charge is 0.320 e. The average molecular weight is 396 g/mol. The Morgan fingerprint density at radius 1 is 1.07 bits per heavy atom. The minimum atomic E-state index is -0.335. The highest BCUT2D eigenvalue weighted by Crippen LogP contribution is 2.23. The Labute approximate surface area is 171 Å². The van der Waals surface area contributed by atoms with Crippen molar-refractivity contribution in [3.05, 3.63) is 47.7 Å². The molecule has 7 nitrogen and oxygen atoms in total. The molecule has 0 bridgehead atoms. The van der Waals surface area contributed by atoms with Gasteiger partial charge in [0.25, 0.3) is 0 Å². The number of nitrogens with zero attached hydrogens (tertiary/aromatic N) is 4. The molecule has 0 aliphatic carbocycles. The summed E-state index contributed by atoms with van der Waals surface area (Å²) in [5.74, 6) is 0.387. The van der Waals surface area contributed by atoms with Gasteiger partial charge in [0.2, 0.25) is 0 Å². The Morgan fingerprint density at radius 3 is 2.41 bits per heavy atom. The van der Waals surface area contributed by atoms with Gasteiger partial charge in [-0.3, -0.25) is 4.90 Å². The van der Waals surface area contributed by atoms with E-state index in [1.165, 1.54) is 37.1 Å². The quantitative estimate of drug-likeness (QED) is 0.610. The van der Waals surface area contributed by atoms with Crippen molar-refractivity contribution < 1.29 is 9.84 Å². The fourth-order valence-electron chi connectivity index (χ4n) is 3.79. The lowest BCUT2D eigenvalue weighted by Crippen LogP contribution is -2.21. The van der Waals surface area contributed by atoms with E-state index in [0.717, 1.165) is 17.6 Å². The van der Waals surface area contributed by atoms with Crippen molar-refractivity contribution in [3.8, 4) is 6.01 Å². The highest BCUT2D eigenvalue weighted by Gasteiger charge is 2.15. The number of aromatic nitrogens is 3. The van der Waals surface area contributed by atoms with E-state index in [1.54, 1.807) is 0 Å². The molecule has 2 aromatic heterocycles. The van der Waals surface area contributed by atoms with Crippen molar-refractivity contribution >= 4 is 16.9 Å². The van der Waals surface area contributed by atoms with Gasteiger partial charge < -0.3 is 20.1 Å². The summed E-state index contributed by atoms with van der Waals surface area (Å²) in [6.45, 7) is 6.00. The standard InChI is InChI=1S/C22H29N5O2/c1-2-18(15-28)29-22-24-20(23)19-9-12-27(21(19)25-22)14-17-7-5-16(6-8-17)13-26-10-3-4-11-26/h5-9,12,18,28H,2-4,10-11,13-15H2,1H3,(H2,23,24,25)/t18-/m0/s1. The van der Waals surface area contributed by atoms with Crippen LogP contribution in [0.25, 0.3) is 11.0 Å². The molecule has 0 amide bonds. The summed E-state index contributed by atoms with van der Waals surface area (Å²) in [6, 6.07) is 10.9. The Kier molecular flexibility index (Phi) is 5.97. The van der Waals surface area contributed by atoms with E-state index in [2.05, 4.69) is 43.7 Å². The molecular weight excluding hydrogens is 366 g/mol. The van der Waals surface area contributed by atoms with Gasteiger partial charge in [-0.2, -0.15) is 9.97 Å². The summed E-state index contributed by atoms with van der Waals surface area (Å²) in [5, 5.41) is 10.2. The van der Waals surface area contributed by atoms with Crippen LogP contribution in [0, 0.1) is 0 Å². The summed E-state index contributed by atoms with van der Waals surface area (Å²) in [5.41, 5.74) is 9.40. The fourth-order valence-corrected chi connectivity index (χ4v) is 3.79. The molecule has 1 fully saturated rings. The maximum absolute atomic E-state index is 9.37. The first kappa shape index (κ1) is 19.7. The molecule has 1 aliphatic rings. The number of hydrogen-bond donors (Lipinski definition) is 2. The zero-order valence-corrected chi connectivity index (χ0v) is 16.9. The molecular formula is C22H29N5O2. The summed E-state index contributed by atoms with van der Waals surface area (Å²) in [6.07, 6.45) is 4.93. The SMILES string of the molecule is CC[C@@H](CO)Oc1nc(N)c2ccn(Cc3ccc(CN4CCCC4)cc3)c2n1. The van der Waals surface area contributed by atoms with E-state index in [1.807, 2.05) is 19.2 Å². The predicted octanol–water partition coefficient (Wildman–Crippen LogP) is 2.81. The van der Waals surface area contributed by atoms with Gasteiger partial charge in [0.1, 0.15) is 17.6 Å². The number of anilines is 1. The van der Waals surface area contributed by atoms with Crippen molar-refractivity contribution in [1.82, 2.24) is 19.4 Å². The number of fused-ring (bicyclic) bond motifs is 1. The van der Waals surface area contributed by atoms with Crippen LogP contribution in [-0.4, -0.2) is 50.3 Å². The maximum atomic E-state index is 9.37. The normalized spacial score (nSPS) is 15.8. The van der Waals surface area contributed by atoms with Crippen molar-refractivity contribution in [2.75, 3.05) is 25.4 Å². The first-order valence-electron chi connectivity index (χ1n) is 10.4. The summed E-state index contributed by atoms with van der Waals surface area (Å²) in [7, 11) is 0. The molecule has 7 heteroatoms. The zero-order chi connectivity index (χ0) is 20.2. The number of aliphatic hydroxyl groups excluding tert-OH is 1. The number of aliphatic hydroxyl groups is 1. The number of benzene rings is 1. The second-order valence-corrected chi connectivity index (χ2v) is 7.70. The second-order valence-electron chi connectivity index (χ2n) is 7.70. The summed E-state index contributed by atoms with van der Waals surface area (Å²) >= 11 is 0. The largest absolute Gasteiger partial charge is 0.458 e. The molecule has 1 aliphatic heterocycles. The van der Waals surface area contributed by atoms with Gasteiger partial charge in [-0.25, -0.2) is 0 Å². The third-order valence-electron chi connectivity index (χ3n) is 5.54. The van der Waals surface area contributed by atoms with Crippen molar-refractivity contribution in [3.63, 3.8) is 0 Å². The third-order valence-corrected chi connectivity index (χ3v) is 5.54. The Morgan fingerprint density at radius 2 is 1.76 bits per heavy atom. The van der Waals surface area contributed by atoms with Crippen LogP contribution in [0.4, 0.5) is 5.82 Å². The van der Waals surface area contributed by atoms with Gasteiger partial charge in [-0.1, -0.05) is 31.2 Å². The van der Waals surface area contributed by atoms with Crippen LogP contribution in [0.1, 0.15) is 37.3 Å². The minimum Gasteiger partial charge on any atom is -0.458 e. The van der Waals surface area contributed by atoms with Crippen LogP contribution < -0.4 is 10.5 Å². The Hall–Kier alpha value is -2.64. The topological polar surface area (TPSA) is 89.4 Å². The molecule has 0 spiro atoms. The molecule has 154 valence electrons. The molecule has 1 aromatic carbocycles. The van der Waals surface area contributed by atoms with Gasteiger partial charge in [0, 0.05) is 19.3 Å². The van der Waals surface area contributed by atoms with Gasteiger partial charge in [0.15, 0.2) is 0 Å². The molecule has 3 aromatic rings. The molecule has 3 heterocycles. The number of rotatable bonds is 8. The lowest BCUT2D eigenvalue weighted by Gasteiger charge is -2.15. The highest BCUT2D eigenvalue weighted by atomic mass is 16.5. The van der Waals surface area contributed by atoms with Crippen LogP contribution in [0.3, 0.4) is 0 Å². The van der Waals surface area contributed by atoms with Gasteiger partial charge in [0.05, 0.1) is 12.0 Å². The summed E-state index contributed by atoms with van der Waals surface area (Å²) in [4.78, 5) is 11.3. The third kappa shape index (κ3) is 4.52. The molecule has 1 saturated heterocycles. The van der Waals surface area contributed by atoms with Crippen LogP contribution >= 0.6 is 0 Å². The number of hydrogen-bond acceptors (Lipinski definition) is 6. The van der Waals surface area contributed by atoms with Crippen LogP contribution in [0.5, 0.6) is 6.01 Å². The molecule has 3 N–H and O–H groups in total. The lowest BCUT2D eigenvalue weighted by molar-refractivity contribution is 0.104. The zero-order valence-electron chi connectivity index (χ0n) is 16.9. The maximum Gasteiger partial charge on any atom is 0.320 e. The average Bonchev–Trinajstić information content (AvgIpc) is 3.38. The second kappa shape index (κ2) is 8.80. The van der Waals surface area contributed by atoms with Gasteiger partial charge >= 0.3 is 6.01 Å². The van der Waals surface area contributed by atoms with Gasteiger partial charge in [-0.15, -0.1) is 0 Å². The fraction of sp³-hybridized carbons (Fsp3) is 0.455. The van der Waals surface area contributed by atoms with E-state index in [-0.39, 0.29) is 18.7 Å². The van der Waals surface area contributed by atoms with E-state index >= 15 is 0 Å². The highest BCUT2D eigenvalue weighted by molar-refractivity contribution is 5.86. The Balaban J connectivity index is 1.52. The van der Waals surface area contributed by atoms with Crippen molar-refractivity contribution in [2.45, 2.75) is 45.4 Å². The van der Waals surface area contributed by atoms with Gasteiger partial charge in [-0.05, 0) is 49.5 Å². The molecule has 29 heavy (non-hydrogen) atoms. The van der Waals surface area contributed by atoms with Crippen LogP contribution in [0.2, 0.25) is 0 Å². The number of nitrogen functional groups attached to an aromatic ring is 1. The predicted molar refractivity (Wildman–Crippen MR) is 114 cm³/mol. The minimum absolute atomic E-state index is 0.0808. The van der Waals surface area contributed by atoms with E-state index in [0.29, 0.717) is 18.8 Å². The number of likely N-dealkylation sites (tertiary alicyclic amines) is 1. The number of nitrogens with two attached hydrogens (primary N) is 1. The van der Waals surface area contributed by atoms with Crippen LogP contribution in [0.15, 0.2) is 36.5 Å². The van der Waals surface area contributed by atoms with Crippen molar-refractivity contribution in [2.24, 2.45) is 0 Å². The van der Waals surface area contributed by atoms with E-state index in [4.69, 9.17) is 10.5 Å². The van der Waals surface area contributed by atoms with Crippen molar-refractivity contribution in [1.29, 1.82) is 0 Å². The molecule has 0 unspecified atom stereocenters. The lowest BCUT2D eigenvalue weighted by atomic mass is 10.1. The van der Waals surface area contributed by atoms with E-state index in [9.17, 15) is 5.11 Å². The first-order chi connectivity index (χ1) is 14.2. The first-order valence-corrected chi connectivity index (χ1v) is 10.4. The molecule has 1 atom stereocenters. The van der Waals surface area contributed by atoms with Crippen LogP contribution in [-0.2, 0) is 13.1 Å². The molecule has 0 radical (unpaired) electrons. The summed E-state index contributed by atoms with van der Waals surface area (Å²) < 4.78 is 7.74. The van der Waals surface area contributed by atoms with E-state index < -0.39 is 0 Å². The Bertz CT molecular complexity index is 944. The molecule has 4 rings (SSSR count). The number of ether oxygens (including phenoxy) is 1. The molecule has 0 saturated carbocycles. The monoisotopic (exact) mass is 395 g/mol.